The van der Waals surface area contributed by atoms with E-state index >= 15 is 0 Å². The number of nitrogen functional groups attached to an aromatic ring is 1. The molecule has 3 rings (SSSR count). The van der Waals surface area contributed by atoms with Gasteiger partial charge in [-0.1, -0.05) is 5.21 Å². The van der Waals surface area contributed by atoms with E-state index in [2.05, 4.69) is 35.8 Å². The Morgan fingerprint density at radius 1 is 1.30 bits per heavy atom. The summed E-state index contributed by atoms with van der Waals surface area (Å²) in [6.45, 7) is 1.61. The number of amides is 1. The van der Waals surface area contributed by atoms with Crippen LogP contribution in [0.25, 0.3) is 5.82 Å². The minimum absolute atomic E-state index is 0.0252. The minimum atomic E-state index is -0.559. The molecule has 12 nitrogen and oxygen atoms in total. The summed E-state index contributed by atoms with van der Waals surface area (Å²) in [6.07, 6.45) is 1.45. The summed E-state index contributed by atoms with van der Waals surface area (Å²) >= 11 is 0. The number of hydrazone groups is 1. The molecule has 0 spiro atoms. The number of nitrogens with one attached hydrogen (secondary N) is 1. The summed E-state index contributed by atoms with van der Waals surface area (Å²) in [5.41, 5.74) is 9.19. The van der Waals surface area contributed by atoms with Crippen LogP contribution in [0.15, 0.2) is 27.9 Å². The summed E-state index contributed by atoms with van der Waals surface area (Å²) < 4.78 is 16.0. The fourth-order valence-electron chi connectivity index (χ4n) is 2.26. The lowest BCUT2D eigenvalue weighted by Crippen LogP contribution is -2.22. The van der Waals surface area contributed by atoms with Gasteiger partial charge in [0.15, 0.2) is 17.2 Å². The predicted molar refractivity (Wildman–Crippen MR) is 93.0 cm³/mol. The number of nitrogens with zero attached hydrogens (tertiary/aromatic N) is 6. The Morgan fingerprint density at radius 2 is 2.07 bits per heavy atom. The molecule has 2 heterocycles. The molecular formula is C15H16N8O4. The first-order valence-corrected chi connectivity index (χ1v) is 7.61. The van der Waals surface area contributed by atoms with E-state index in [1.165, 1.54) is 13.3 Å². The number of hydrogen-bond acceptors (Lipinski definition) is 10. The predicted octanol–water partition coefficient (Wildman–Crippen LogP) is 0.322. The third-order valence-electron chi connectivity index (χ3n) is 3.54. The molecule has 0 fully saturated rings. The summed E-state index contributed by atoms with van der Waals surface area (Å²) in [7, 11) is 3.07. The number of methoxy groups -OCH3 is 2. The molecule has 0 aliphatic heterocycles. The van der Waals surface area contributed by atoms with Crippen LogP contribution in [-0.2, 0) is 0 Å². The van der Waals surface area contributed by atoms with Crippen LogP contribution in [0.2, 0.25) is 0 Å². The number of rotatable bonds is 6. The monoisotopic (exact) mass is 372 g/mol. The number of benzene rings is 1. The number of carbonyl (C=O) groups excluding carboxylic acids is 1. The number of ether oxygens (including phenoxy) is 2. The zero-order chi connectivity index (χ0) is 19.4. The lowest BCUT2D eigenvalue weighted by atomic mass is 10.2. The van der Waals surface area contributed by atoms with E-state index in [9.17, 15) is 4.79 Å². The lowest BCUT2D eigenvalue weighted by molar-refractivity contribution is 0.0946. The van der Waals surface area contributed by atoms with Gasteiger partial charge in [0.1, 0.15) is 0 Å². The molecule has 0 atom stereocenters. The van der Waals surface area contributed by atoms with Crippen molar-refractivity contribution in [2.45, 2.75) is 6.92 Å². The topological polar surface area (TPSA) is 156 Å². The van der Waals surface area contributed by atoms with E-state index < -0.39 is 5.91 Å². The fourth-order valence-corrected chi connectivity index (χ4v) is 2.26. The van der Waals surface area contributed by atoms with Gasteiger partial charge in [0.05, 0.1) is 26.1 Å². The minimum Gasteiger partial charge on any atom is -0.493 e. The van der Waals surface area contributed by atoms with Crippen molar-refractivity contribution in [2.75, 3.05) is 20.0 Å². The number of aryl methyl sites for hydroxylation is 1. The lowest BCUT2D eigenvalue weighted by Gasteiger charge is -2.07. The Hall–Kier alpha value is -3.96. The van der Waals surface area contributed by atoms with Crippen LogP contribution in [0.5, 0.6) is 11.5 Å². The van der Waals surface area contributed by atoms with E-state index in [4.69, 9.17) is 15.2 Å². The summed E-state index contributed by atoms with van der Waals surface area (Å²) in [6, 6.07) is 5.20. The fraction of sp³-hybridized carbons (Fsp3) is 0.200. The van der Waals surface area contributed by atoms with E-state index in [1.54, 1.807) is 32.2 Å². The third-order valence-corrected chi connectivity index (χ3v) is 3.54. The first kappa shape index (κ1) is 17.8. The van der Waals surface area contributed by atoms with Crippen molar-refractivity contribution in [2.24, 2.45) is 5.10 Å². The van der Waals surface area contributed by atoms with Gasteiger partial charge < -0.3 is 15.2 Å². The van der Waals surface area contributed by atoms with Gasteiger partial charge in [-0.3, -0.25) is 4.79 Å². The highest BCUT2D eigenvalue weighted by atomic mass is 16.6. The Morgan fingerprint density at radius 3 is 2.74 bits per heavy atom. The van der Waals surface area contributed by atoms with E-state index in [-0.39, 0.29) is 17.3 Å². The Balaban J connectivity index is 1.78. The number of nitrogens with two attached hydrogens (primary N) is 1. The van der Waals surface area contributed by atoms with Gasteiger partial charge in [-0.2, -0.15) is 9.78 Å². The molecular weight excluding hydrogens is 356 g/mol. The van der Waals surface area contributed by atoms with Crippen molar-refractivity contribution in [1.82, 2.24) is 30.7 Å². The van der Waals surface area contributed by atoms with Crippen LogP contribution in [-0.4, -0.2) is 51.6 Å². The SMILES string of the molecule is COc1ccc(/C=N\NC(=O)c2c(C)nnn2-c2nonc2N)cc1OC. The Kier molecular flexibility index (Phi) is 4.97. The largest absolute Gasteiger partial charge is 0.493 e. The first-order chi connectivity index (χ1) is 13.0. The van der Waals surface area contributed by atoms with Crippen molar-refractivity contribution in [3.63, 3.8) is 0 Å². The average Bonchev–Trinajstić information content (AvgIpc) is 3.26. The smallest absolute Gasteiger partial charge is 0.292 e. The van der Waals surface area contributed by atoms with E-state index in [0.29, 0.717) is 22.8 Å². The van der Waals surface area contributed by atoms with Gasteiger partial charge in [-0.05, 0) is 41.0 Å². The highest BCUT2D eigenvalue weighted by Gasteiger charge is 2.22. The van der Waals surface area contributed by atoms with E-state index in [0.717, 1.165) is 4.68 Å². The zero-order valence-corrected chi connectivity index (χ0v) is 14.7. The normalized spacial score (nSPS) is 10.9. The van der Waals surface area contributed by atoms with Gasteiger partial charge in [0.25, 0.3) is 5.91 Å². The number of carbonyl (C=O) groups is 1. The molecule has 12 heteroatoms. The van der Waals surface area contributed by atoms with Gasteiger partial charge in [-0.25, -0.2) is 10.1 Å². The van der Waals surface area contributed by atoms with Crippen LogP contribution in [0.3, 0.4) is 0 Å². The van der Waals surface area contributed by atoms with E-state index in [1.807, 2.05) is 0 Å². The third kappa shape index (κ3) is 3.53. The van der Waals surface area contributed by atoms with Crippen LogP contribution in [0, 0.1) is 6.92 Å². The summed E-state index contributed by atoms with van der Waals surface area (Å²) in [5, 5.41) is 18.7. The van der Waals surface area contributed by atoms with Crippen LogP contribution in [0.4, 0.5) is 5.82 Å². The van der Waals surface area contributed by atoms with Crippen molar-refractivity contribution < 1.29 is 18.9 Å². The maximum absolute atomic E-state index is 12.5. The van der Waals surface area contributed by atoms with Gasteiger partial charge in [-0.15, -0.1) is 5.10 Å². The number of aromatic nitrogens is 5. The molecule has 3 aromatic rings. The standard InChI is InChI=1S/C15H16N8O4/c1-8-12(23(22-18-8)14-13(16)20-27-21-14)15(24)19-17-7-9-4-5-10(25-2)11(6-9)26-3/h4-7H,1-3H3,(H2,16,20)(H,19,24)/b17-7-. The van der Waals surface area contributed by atoms with Gasteiger partial charge in [0.2, 0.25) is 11.6 Å². The highest BCUT2D eigenvalue weighted by molar-refractivity contribution is 5.94. The van der Waals surface area contributed by atoms with Crippen LogP contribution in [0.1, 0.15) is 21.7 Å². The zero-order valence-electron chi connectivity index (χ0n) is 14.7. The second kappa shape index (κ2) is 7.51. The Labute approximate surface area is 152 Å². The number of hydrogen-bond donors (Lipinski definition) is 2. The highest BCUT2D eigenvalue weighted by Crippen LogP contribution is 2.26. The number of anilines is 1. The molecule has 140 valence electrons. The molecule has 1 amide bonds. The van der Waals surface area contributed by atoms with Crippen molar-refractivity contribution in [3.05, 3.63) is 35.2 Å². The molecule has 1 aromatic carbocycles. The molecule has 27 heavy (non-hydrogen) atoms. The quantitative estimate of drug-likeness (QED) is 0.459. The van der Waals surface area contributed by atoms with Gasteiger partial charge >= 0.3 is 0 Å². The second-order valence-electron chi connectivity index (χ2n) is 5.22. The van der Waals surface area contributed by atoms with Gasteiger partial charge in [0, 0.05) is 0 Å². The molecule has 0 radical (unpaired) electrons. The Bertz CT molecular complexity index is 994. The van der Waals surface area contributed by atoms with Crippen molar-refractivity contribution >= 4 is 17.9 Å². The molecule has 0 aliphatic rings. The molecule has 0 saturated carbocycles. The van der Waals surface area contributed by atoms with Crippen LogP contribution >= 0.6 is 0 Å². The average molecular weight is 372 g/mol. The maximum atomic E-state index is 12.5. The van der Waals surface area contributed by atoms with Crippen LogP contribution < -0.4 is 20.6 Å². The molecule has 2 aromatic heterocycles. The molecule has 3 N–H and O–H groups in total. The van der Waals surface area contributed by atoms with Crippen molar-refractivity contribution in [3.8, 4) is 17.3 Å². The van der Waals surface area contributed by atoms with Crippen molar-refractivity contribution in [1.29, 1.82) is 0 Å². The molecule has 0 aliphatic carbocycles. The molecule has 0 bridgehead atoms. The maximum Gasteiger partial charge on any atom is 0.292 e. The second-order valence-corrected chi connectivity index (χ2v) is 5.22. The first-order valence-electron chi connectivity index (χ1n) is 7.61. The molecule has 0 saturated heterocycles. The summed E-state index contributed by atoms with van der Waals surface area (Å²) in [5.74, 6) is 0.604. The molecule has 0 unspecified atom stereocenters. The summed E-state index contributed by atoms with van der Waals surface area (Å²) in [4.78, 5) is 12.5.